The van der Waals surface area contributed by atoms with Gasteiger partial charge in [0.15, 0.2) is 0 Å². The molecule has 162 valence electrons. The van der Waals surface area contributed by atoms with Crippen LogP contribution in [0, 0.1) is 3.57 Å². The van der Waals surface area contributed by atoms with E-state index >= 15 is 0 Å². The maximum atomic E-state index is 13.5. The molecule has 5 nitrogen and oxygen atoms in total. The number of anilines is 1. The van der Waals surface area contributed by atoms with Crippen LogP contribution >= 0.6 is 22.6 Å². The normalized spacial score (nSPS) is 13.3. The first-order valence-corrected chi connectivity index (χ1v) is 11.1. The minimum absolute atomic E-state index is 0.0370. The molecule has 6 heteroatoms. The van der Waals surface area contributed by atoms with Crippen molar-refractivity contribution in [1.82, 2.24) is 5.32 Å². The summed E-state index contributed by atoms with van der Waals surface area (Å²) in [6.45, 7) is 9.59. The van der Waals surface area contributed by atoms with Gasteiger partial charge < -0.3 is 10.1 Å². The summed E-state index contributed by atoms with van der Waals surface area (Å²) >= 11 is 2.18. The van der Waals surface area contributed by atoms with Crippen molar-refractivity contribution in [1.29, 1.82) is 0 Å². The highest BCUT2D eigenvalue weighted by Crippen LogP contribution is 2.31. The second-order valence-electron chi connectivity index (χ2n) is 8.51. The van der Waals surface area contributed by atoms with E-state index in [2.05, 4.69) is 27.9 Å². The van der Waals surface area contributed by atoms with E-state index in [1.54, 1.807) is 18.9 Å². The summed E-state index contributed by atoms with van der Waals surface area (Å²) < 4.78 is 6.15. The number of carbonyl (C=O) groups is 2. The zero-order chi connectivity index (χ0) is 22.5. The zero-order valence-corrected chi connectivity index (χ0v) is 20.7. The van der Waals surface area contributed by atoms with E-state index in [0.717, 1.165) is 9.13 Å². The van der Waals surface area contributed by atoms with Crippen LogP contribution in [0.4, 0.5) is 5.69 Å². The molecule has 0 fully saturated rings. The molecule has 0 aliphatic rings. The summed E-state index contributed by atoms with van der Waals surface area (Å²) in [5.74, 6) is 0.468. The number of halogens is 1. The van der Waals surface area contributed by atoms with Crippen LogP contribution in [-0.4, -0.2) is 30.5 Å². The number of nitrogens with zero attached hydrogens (tertiary/aromatic N) is 1. The van der Waals surface area contributed by atoms with Gasteiger partial charge in [-0.25, -0.2) is 0 Å². The lowest BCUT2D eigenvalue weighted by Gasteiger charge is -2.32. The number of carbonyl (C=O) groups excluding carboxylic acids is 2. The van der Waals surface area contributed by atoms with E-state index in [-0.39, 0.29) is 23.3 Å². The molecular formula is C24H31IN2O3. The average Bonchev–Trinajstić information content (AvgIpc) is 2.68. The molecule has 0 heterocycles. The maximum Gasteiger partial charge on any atom is 0.243 e. The van der Waals surface area contributed by atoms with Crippen molar-refractivity contribution in [2.45, 2.75) is 58.5 Å². The number of benzene rings is 2. The van der Waals surface area contributed by atoms with Crippen molar-refractivity contribution in [2.75, 3.05) is 12.0 Å². The highest BCUT2D eigenvalue weighted by molar-refractivity contribution is 14.1. The number of methoxy groups -OCH3 is 1. The summed E-state index contributed by atoms with van der Waals surface area (Å²) in [6.07, 6.45) is 0.305. The number of hydrogen-bond acceptors (Lipinski definition) is 3. The molecule has 2 aromatic rings. The molecule has 0 aliphatic heterocycles. The second-order valence-corrected chi connectivity index (χ2v) is 9.67. The molecule has 30 heavy (non-hydrogen) atoms. The number of amides is 2. The topological polar surface area (TPSA) is 58.6 Å². The van der Waals surface area contributed by atoms with Crippen molar-refractivity contribution in [2.24, 2.45) is 0 Å². The largest absolute Gasteiger partial charge is 0.497 e. The fourth-order valence-electron chi connectivity index (χ4n) is 3.22. The van der Waals surface area contributed by atoms with Crippen molar-refractivity contribution in [3.8, 4) is 5.75 Å². The minimum atomic E-state index is -0.651. The van der Waals surface area contributed by atoms with Gasteiger partial charge in [-0.15, -0.1) is 0 Å². The molecule has 0 bridgehead atoms. The third-order valence-corrected chi connectivity index (χ3v) is 5.66. The van der Waals surface area contributed by atoms with Gasteiger partial charge in [0.2, 0.25) is 11.8 Å². The molecule has 0 spiro atoms. The van der Waals surface area contributed by atoms with Crippen LogP contribution in [0.25, 0.3) is 0 Å². The molecule has 0 aromatic heterocycles. The van der Waals surface area contributed by atoms with Crippen LogP contribution in [0.1, 0.15) is 52.5 Å². The molecule has 0 unspecified atom stereocenters. The van der Waals surface area contributed by atoms with Gasteiger partial charge in [0.1, 0.15) is 11.8 Å². The molecule has 2 aromatic carbocycles. The van der Waals surface area contributed by atoms with Crippen LogP contribution < -0.4 is 15.0 Å². The van der Waals surface area contributed by atoms with Crippen molar-refractivity contribution >= 4 is 40.1 Å². The third-order valence-electron chi connectivity index (χ3n) is 4.80. The second kappa shape index (κ2) is 10.3. The number of ether oxygens (including phenoxy) is 1. The standard InChI is InChI=1S/C24H31IN2O3/c1-16(18-10-8-7-9-11-18)14-22(28)27(17(2)23(29)26-24(3,4)5)21-13-12-19(30-6)15-20(21)25/h7-13,15-17H,14H2,1-6H3,(H,26,29)/t16-,17-/m0/s1. The van der Waals surface area contributed by atoms with Gasteiger partial charge in [-0.1, -0.05) is 37.3 Å². The molecule has 2 atom stereocenters. The van der Waals surface area contributed by atoms with Gasteiger partial charge in [-0.2, -0.15) is 0 Å². The van der Waals surface area contributed by atoms with Gasteiger partial charge in [-0.3, -0.25) is 14.5 Å². The Morgan fingerprint density at radius 1 is 1.10 bits per heavy atom. The number of rotatable bonds is 7. The smallest absolute Gasteiger partial charge is 0.243 e. The summed E-state index contributed by atoms with van der Waals surface area (Å²) in [5.41, 5.74) is 1.42. The van der Waals surface area contributed by atoms with Crippen LogP contribution in [0.15, 0.2) is 48.5 Å². The Hall–Kier alpha value is -2.09. The SMILES string of the molecule is COc1ccc(N(C(=O)C[C@H](C)c2ccccc2)[C@@H](C)C(=O)NC(C)(C)C)c(I)c1. The fraction of sp³-hybridized carbons (Fsp3) is 0.417. The predicted octanol–water partition coefficient (Wildman–Crippen LogP) is 5.13. The lowest BCUT2D eigenvalue weighted by Crippen LogP contribution is -2.53. The molecule has 2 rings (SSSR count). The Bertz CT molecular complexity index is 878. The van der Waals surface area contributed by atoms with E-state index in [1.807, 2.05) is 76.2 Å². The Balaban J connectivity index is 2.37. The lowest BCUT2D eigenvalue weighted by molar-refractivity contribution is -0.127. The Morgan fingerprint density at radius 2 is 1.73 bits per heavy atom. The molecule has 1 N–H and O–H groups in total. The minimum Gasteiger partial charge on any atom is -0.497 e. The monoisotopic (exact) mass is 522 g/mol. The number of nitrogens with one attached hydrogen (secondary N) is 1. The summed E-state index contributed by atoms with van der Waals surface area (Å²) in [5, 5.41) is 2.99. The average molecular weight is 522 g/mol. The first-order chi connectivity index (χ1) is 14.0. The third kappa shape index (κ3) is 6.45. The van der Waals surface area contributed by atoms with Crippen molar-refractivity contribution in [3.63, 3.8) is 0 Å². The number of hydrogen-bond donors (Lipinski definition) is 1. The summed E-state index contributed by atoms with van der Waals surface area (Å²) in [6, 6.07) is 14.8. The van der Waals surface area contributed by atoms with Crippen LogP contribution in [0.2, 0.25) is 0 Å². The Labute approximate surface area is 193 Å². The molecule has 0 radical (unpaired) electrons. The van der Waals surface area contributed by atoms with Gasteiger partial charge in [0.25, 0.3) is 0 Å². The predicted molar refractivity (Wildman–Crippen MR) is 130 cm³/mol. The molecule has 0 aliphatic carbocycles. The fourth-order valence-corrected chi connectivity index (χ4v) is 3.97. The van der Waals surface area contributed by atoms with Crippen LogP contribution in [-0.2, 0) is 9.59 Å². The van der Waals surface area contributed by atoms with Crippen LogP contribution in [0.5, 0.6) is 5.75 Å². The molecule has 0 saturated carbocycles. The maximum absolute atomic E-state index is 13.5. The first kappa shape index (κ1) is 24.2. The zero-order valence-electron chi connectivity index (χ0n) is 18.5. The lowest BCUT2D eigenvalue weighted by atomic mass is 9.96. The van der Waals surface area contributed by atoms with Crippen molar-refractivity contribution < 1.29 is 14.3 Å². The van der Waals surface area contributed by atoms with Gasteiger partial charge >= 0.3 is 0 Å². The van der Waals surface area contributed by atoms with E-state index in [9.17, 15) is 9.59 Å². The molecular weight excluding hydrogens is 491 g/mol. The summed E-state index contributed by atoms with van der Waals surface area (Å²) in [4.78, 5) is 28.0. The molecule has 2 amide bonds. The Morgan fingerprint density at radius 3 is 2.27 bits per heavy atom. The van der Waals surface area contributed by atoms with E-state index in [0.29, 0.717) is 17.9 Å². The van der Waals surface area contributed by atoms with E-state index < -0.39 is 6.04 Å². The highest BCUT2D eigenvalue weighted by Gasteiger charge is 2.31. The van der Waals surface area contributed by atoms with E-state index in [4.69, 9.17) is 4.74 Å². The van der Waals surface area contributed by atoms with Gasteiger partial charge in [-0.05, 0) is 80.0 Å². The highest BCUT2D eigenvalue weighted by atomic mass is 127. The quantitative estimate of drug-likeness (QED) is 0.513. The summed E-state index contributed by atoms with van der Waals surface area (Å²) in [7, 11) is 1.61. The molecule has 0 saturated heterocycles. The van der Waals surface area contributed by atoms with Gasteiger partial charge in [0.05, 0.1) is 12.8 Å². The first-order valence-electron chi connectivity index (χ1n) is 10.1. The van der Waals surface area contributed by atoms with Crippen LogP contribution in [0.3, 0.4) is 0 Å². The van der Waals surface area contributed by atoms with Gasteiger partial charge in [0, 0.05) is 15.5 Å². The van der Waals surface area contributed by atoms with Crippen molar-refractivity contribution in [3.05, 3.63) is 57.7 Å². The van der Waals surface area contributed by atoms with E-state index in [1.165, 1.54) is 0 Å². The Kier molecular flexibility index (Phi) is 8.29.